The zero-order valence-corrected chi connectivity index (χ0v) is 22.6. The summed E-state index contributed by atoms with van der Waals surface area (Å²) >= 11 is 0. The largest absolute Gasteiger partial charge is 0.443 e. The van der Waals surface area contributed by atoms with Crippen LogP contribution in [0.4, 0.5) is 21.0 Å². The first kappa shape index (κ1) is 24.8. The molecule has 3 saturated carbocycles. The number of rotatable bonds is 8. The molecule has 5 heterocycles. The summed E-state index contributed by atoms with van der Waals surface area (Å²) in [5.74, 6) is 2.05. The zero-order valence-electron chi connectivity index (χ0n) is 22.6. The van der Waals surface area contributed by atoms with Crippen LogP contribution in [0, 0.1) is 11.8 Å². The molecule has 3 aliphatic carbocycles. The molecule has 6 atom stereocenters. The van der Waals surface area contributed by atoms with E-state index in [1.54, 1.807) is 12.3 Å². The van der Waals surface area contributed by atoms with Gasteiger partial charge in [-0.15, -0.1) is 0 Å². The topological polar surface area (TPSA) is 130 Å². The molecule has 41 heavy (non-hydrogen) atoms. The van der Waals surface area contributed by atoms with Crippen molar-refractivity contribution < 1.29 is 13.9 Å². The summed E-state index contributed by atoms with van der Waals surface area (Å²) in [6.45, 7) is 2.61. The average Bonchev–Trinajstić information content (AvgIpc) is 3.73. The molecule has 0 bridgehead atoms. The number of H-pyrrole nitrogens is 1. The number of carbonyl (C=O) groups excluding carboxylic acids is 1. The van der Waals surface area contributed by atoms with Crippen LogP contribution in [-0.4, -0.2) is 76.7 Å². The van der Waals surface area contributed by atoms with Gasteiger partial charge >= 0.3 is 6.09 Å². The Kier molecular flexibility index (Phi) is 5.93. The highest BCUT2D eigenvalue weighted by molar-refractivity contribution is 5.68. The Morgan fingerprint density at radius 2 is 2.12 bits per heavy atom. The van der Waals surface area contributed by atoms with E-state index in [4.69, 9.17) is 9.72 Å². The second kappa shape index (κ2) is 9.82. The predicted octanol–water partition coefficient (Wildman–Crippen LogP) is 3.56. The molecule has 13 heteroatoms. The number of hydrogen-bond acceptors (Lipinski definition) is 8. The van der Waals surface area contributed by atoms with E-state index >= 15 is 4.39 Å². The third kappa shape index (κ3) is 4.52. The van der Waals surface area contributed by atoms with Gasteiger partial charge in [-0.1, -0.05) is 0 Å². The van der Waals surface area contributed by atoms with Gasteiger partial charge in [0, 0.05) is 68.1 Å². The van der Waals surface area contributed by atoms with Crippen molar-refractivity contribution in [1.29, 1.82) is 0 Å². The predicted molar refractivity (Wildman–Crippen MR) is 146 cm³/mol. The molecule has 1 aliphatic heterocycles. The maximum atomic E-state index is 15.4. The number of fused-ring (bicyclic) bond motifs is 2. The normalized spacial score (nSPS) is 29.4. The minimum Gasteiger partial charge on any atom is -0.443 e. The Bertz CT molecular complexity index is 1550. The third-order valence-corrected chi connectivity index (χ3v) is 9.50. The van der Waals surface area contributed by atoms with E-state index in [0.717, 1.165) is 43.3 Å². The molecule has 0 spiro atoms. The molecule has 4 aromatic rings. The highest BCUT2D eigenvalue weighted by atomic mass is 19.1. The number of amides is 1. The number of imidazole rings is 1. The number of aromatic amines is 1. The number of ether oxygens (including phenoxy) is 1. The van der Waals surface area contributed by atoms with E-state index in [1.807, 2.05) is 39.8 Å². The van der Waals surface area contributed by atoms with Crippen LogP contribution in [0.15, 0.2) is 43.0 Å². The number of nitrogens with one attached hydrogen (secondary N) is 3. The number of halogens is 1. The number of alkyl carbamates (subject to hydrolysis) is 1. The smallest absolute Gasteiger partial charge is 0.407 e. The molecule has 3 unspecified atom stereocenters. The van der Waals surface area contributed by atoms with Crippen molar-refractivity contribution in [2.45, 2.75) is 68.9 Å². The molecule has 1 saturated heterocycles. The van der Waals surface area contributed by atoms with Gasteiger partial charge in [-0.25, -0.2) is 19.2 Å². The molecule has 4 aromatic heterocycles. The quantitative estimate of drug-likeness (QED) is 0.298. The lowest BCUT2D eigenvalue weighted by atomic mass is 9.56. The van der Waals surface area contributed by atoms with Crippen LogP contribution in [0.2, 0.25) is 0 Å². The molecule has 0 aromatic carbocycles. The van der Waals surface area contributed by atoms with Crippen LogP contribution in [0.1, 0.15) is 55.5 Å². The second-order valence-corrected chi connectivity index (χ2v) is 12.0. The summed E-state index contributed by atoms with van der Waals surface area (Å²) in [5.41, 5.74) is 2.41. The molecule has 3 N–H and O–H groups in total. The summed E-state index contributed by atoms with van der Waals surface area (Å²) in [4.78, 5) is 24.0. The fourth-order valence-electron chi connectivity index (χ4n) is 6.99. The van der Waals surface area contributed by atoms with Gasteiger partial charge in [0.2, 0.25) is 5.95 Å². The first-order valence-corrected chi connectivity index (χ1v) is 14.6. The molecule has 4 fully saturated rings. The standard InChI is InChI=1S/C28H33FN10O2/c29-26-20(4-5-23(26)41-28(40)33-21-10-16-2-3-19(16)21)22-11-24(36-35-22)34-27-30-8-6-25-32-17(13-38(25)27)12-37-14-18(15-37)39-9-1-7-31-39/h1,6-9,11,13,16,18-21,23,26H,2-5,10,12,14-15H2,(H,33,40)(H2,30,34,35,36)/t16?,19?,20-,21?,23-,26-/m0/s1. The van der Waals surface area contributed by atoms with E-state index in [1.165, 1.54) is 12.8 Å². The summed E-state index contributed by atoms with van der Waals surface area (Å²) in [6.07, 6.45) is 9.46. The van der Waals surface area contributed by atoms with E-state index in [0.29, 0.717) is 42.3 Å². The monoisotopic (exact) mass is 560 g/mol. The highest BCUT2D eigenvalue weighted by Gasteiger charge is 2.48. The van der Waals surface area contributed by atoms with Crippen molar-refractivity contribution in [1.82, 2.24) is 44.6 Å². The SMILES string of the molecule is O=C(NC1CC2CCC21)O[C@H]1CC[C@@H](c2cc(Nc3nccc4nc(CN5CC(n6cccn6)C5)cn34)n[nH]2)[C@@H]1F. The van der Waals surface area contributed by atoms with E-state index in [2.05, 4.69) is 35.8 Å². The van der Waals surface area contributed by atoms with Gasteiger partial charge in [0.25, 0.3) is 0 Å². The maximum absolute atomic E-state index is 15.4. The minimum atomic E-state index is -1.29. The Labute approximate surface area is 235 Å². The highest BCUT2D eigenvalue weighted by Crippen LogP contribution is 2.50. The lowest BCUT2D eigenvalue weighted by molar-refractivity contribution is -0.00418. The molecule has 214 valence electrons. The van der Waals surface area contributed by atoms with Gasteiger partial charge < -0.3 is 15.4 Å². The molecule has 0 radical (unpaired) electrons. The van der Waals surface area contributed by atoms with Crippen molar-refractivity contribution in [3.05, 3.63) is 54.4 Å². The first-order chi connectivity index (χ1) is 20.1. The van der Waals surface area contributed by atoms with Crippen LogP contribution >= 0.6 is 0 Å². The van der Waals surface area contributed by atoms with Crippen molar-refractivity contribution in [2.75, 3.05) is 18.4 Å². The fourth-order valence-corrected chi connectivity index (χ4v) is 6.99. The van der Waals surface area contributed by atoms with Crippen molar-refractivity contribution in [3.8, 4) is 0 Å². The molecule has 8 rings (SSSR count). The Morgan fingerprint density at radius 1 is 1.20 bits per heavy atom. The molecule has 12 nitrogen and oxygen atoms in total. The molecular weight excluding hydrogens is 527 g/mol. The number of hydrogen-bond donors (Lipinski definition) is 3. The van der Waals surface area contributed by atoms with Gasteiger partial charge in [-0.2, -0.15) is 10.2 Å². The van der Waals surface area contributed by atoms with E-state index in [9.17, 15) is 4.79 Å². The summed E-state index contributed by atoms with van der Waals surface area (Å²) in [6, 6.07) is 6.21. The van der Waals surface area contributed by atoms with Crippen LogP contribution in [0.25, 0.3) is 5.65 Å². The minimum absolute atomic E-state index is 0.193. The van der Waals surface area contributed by atoms with Crippen molar-refractivity contribution >= 4 is 23.5 Å². The van der Waals surface area contributed by atoms with Gasteiger partial charge in [0.1, 0.15) is 17.9 Å². The number of aromatic nitrogens is 7. The molecule has 1 amide bonds. The Balaban J connectivity index is 0.882. The van der Waals surface area contributed by atoms with Crippen molar-refractivity contribution in [2.24, 2.45) is 11.8 Å². The molecular formula is C28H33FN10O2. The van der Waals surface area contributed by atoms with Gasteiger partial charge in [-0.05, 0) is 56.1 Å². The lowest BCUT2D eigenvalue weighted by Crippen LogP contribution is -2.57. The number of anilines is 2. The van der Waals surface area contributed by atoms with Gasteiger partial charge in [0.15, 0.2) is 5.82 Å². The van der Waals surface area contributed by atoms with Gasteiger partial charge in [0.05, 0.1) is 11.7 Å². The van der Waals surface area contributed by atoms with Crippen LogP contribution < -0.4 is 10.6 Å². The Morgan fingerprint density at radius 3 is 2.90 bits per heavy atom. The van der Waals surface area contributed by atoms with Crippen LogP contribution in [-0.2, 0) is 11.3 Å². The summed E-state index contributed by atoms with van der Waals surface area (Å²) in [5, 5.41) is 17.9. The fraction of sp³-hybridized carbons (Fsp3) is 0.536. The lowest BCUT2D eigenvalue weighted by Gasteiger charge is -2.52. The number of carbonyl (C=O) groups is 1. The van der Waals surface area contributed by atoms with Crippen LogP contribution in [0.5, 0.6) is 0 Å². The van der Waals surface area contributed by atoms with Gasteiger partial charge in [-0.3, -0.25) is 19.1 Å². The van der Waals surface area contributed by atoms with E-state index in [-0.39, 0.29) is 6.04 Å². The number of likely N-dealkylation sites (tertiary alicyclic amines) is 1. The van der Waals surface area contributed by atoms with Crippen molar-refractivity contribution in [3.63, 3.8) is 0 Å². The maximum Gasteiger partial charge on any atom is 0.407 e. The Hall–Kier alpha value is -4.00. The second-order valence-electron chi connectivity index (χ2n) is 12.0. The number of nitrogens with zero attached hydrogens (tertiary/aromatic N) is 7. The van der Waals surface area contributed by atoms with E-state index < -0.39 is 24.3 Å². The molecule has 4 aliphatic rings. The third-order valence-electron chi connectivity index (χ3n) is 9.50. The number of alkyl halides is 1. The summed E-state index contributed by atoms with van der Waals surface area (Å²) < 4.78 is 24.8. The first-order valence-electron chi connectivity index (χ1n) is 14.6. The zero-order chi connectivity index (χ0) is 27.5. The van der Waals surface area contributed by atoms with Crippen LogP contribution in [0.3, 0.4) is 0 Å². The summed E-state index contributed by atoms with van der Waals surface area (Å²) in [7, 11) is 0. The average molecular weight is 561 g/mol.